The first kappa shape index (κ1) is 34.5. The molecule has 258 valence electrons. The number of benzene rings is 2. The van der Waals surface area contributed by atoms with Crippen molar-refractivity contribution in [3.63, 3.8) is 0 Å². The summed E-state index contributed by atoms with van der Waals surface area (Å²) < 4.78 is 85.2. The number of anilines is 3. The molecule has 5 aromatic rings. The van der Waals surface area contributed by atoms with E-state index in [1.54, 1.807) is 29.0 Å². The van der Waals surface area contributed by atoms with E-state index in [4.69, 9.17) is 0 Å². The second kappa shape index (κ2) is 13.5. The number of nitrogens with zero attached hydrogens (tertiary/aromatic N) is 5. The van der Waals surface area contributed by atoms with Crippen LogP contribution in [0.2, 0.25) is 0 Å². The number of aromatic nitrogens is 3. The van der Waals surface area contributed by atoms with E-state index < -0.39 is 33.1 Å². The number of rotatable bonds is 9. The Balaban J connectivity index is 1.42. The van der Waals surface area contributed by atoms with Gasteiger partial charge >= 0.3 is 6.18 Å². The molecule has 1 unspecified atom stereocenters. The third-order valence-corrected chi connectivity index (χ3v) is 10.5. The first-order chi connectivity index (χ1) is 23.2. The van der Waals surface area contributed by atoms with Crippen LogP contribution in [0, 0.1) is 5.82 Å². The van der Waals surface area contributed by atoms with Crippen LogP contribution in [0.4, 0.5) is 34.9 Å². The lowest BCUT2D eigenvalue weighted by Crippen LogP contribution is -2.50. The van der Waals surface area contributed by atoms with E-state index in [1.807, 2.05) is 11.8 Å². The minimum Gasteiger partial charge on any atom is -0.364 e. The molecule has 0 aliphatic carbocycles. The summed E-state index contributed by atoms with van der Waals surface area (Å²) in [6.07, 6.45) is -2.43. The molecule has 49 heavy (non-hydrogen) atoms. The van der Waals surface area contributed by atoms with Gasteiger partial charge in [-0.2, -0.15) is 29.5 Å². The number of piperazine rings is 1. The van der Waals surface area contributed by atoms with Crippen LogP contribution in [-0.4, -0.2) is 72.8 Å². The van der Waals surface area contributed by atoms with Crippen molar-refractivity contribution < 1.29 is 26.0 Å². The molecule has 16 heteroatoms. The summed E-state index contributed by atoms with van der Waals surface area (Å²) in [6.45, 7) is 3.73. The molecule has 0 spiro atoms. The van der Waals surface area contributed by atoms with Gasteiger partial charge in [0.05, 0.1) is 17.5 Å². The number of hydrogen-bond acceptors (Lipinski definition) is 9. The maximum Gasteiger partial charge on any atom is 0.417 e. The summed E-state index contributed by atoms with van der Waals surface area (Å²) in [5.74, 6) is -0.445. The summed E-state index contributed by atoms with van der Waals surface area (Å²) in [4.78, 5) is 24.8. The molecule has 1 aliphatic heterocycles. The highest BCUT2D eigenvalue weighted by atomic mass is 32.2. The van der Waals surface area contributed by atoms with Gasteiger partial charge in [0.15, 0.2) is 0 Å². The molecule has 6 rings (SSSR count). The minimum absolute atomic E-state index is 0.00338. The van der Waals surface area contributed by atoms with Crippen molar-refractivity contribution in [2.45, 2.75) is 25.7 Å². The van der Waals surface area contributed by atoms with Crippen molar-refractivity contribution in [3.05, 3.63) is 87.2 Å². The van der Waals surface area contributed by atoms with Crippen LogP contribution < -0.4 is 21.1 Å². The molecule has 0 saturated carbocycles. The summed E-state index contributed by atoms with van der Waals surface area (Å²) in [5, 5.41) is 9.95. The summed E-state index contributed by atoms with van der Waals surface area (Å²) in [6, 6.07) is 11.6. The third-order valence-electron chi connectivity index (χ3n) is 8.52. The van der Waals surface area contributed by atoms with Gasteiger partial charge in [0.2, 0.25) is 16.0 Å². The Morgan fingerprint density at radius 2 is 1.90 bits per heavy atom. The van der Waals surface area contributed by atoms with E-state index in [2.05, 4.69) is 20.6 Å². The average Bonchev–Trinajstić information content (AvgIpc) is 3.59. The van der Waals surface area contributed by atoms with Crippen LogP contribution in [-0.2, 0) is 22.7 Å². The van der Waals surface area contributed by atoms with Gasteiger partial charge in [-0.3, -0.25) is 9.36 Å². The number of pyridine rings is 1. The van der Waals surface area contributed by atoms with Crippen molar-refractivity contribution in [3.8, 4) is 22.3 Å². The molecule has 2 N–H and O–H groups in total. The molecule has 3 aromatic heterocycles. The number of halogens is 4. The normalized spacial score (nSPS) is 15.7. The predicted molar refractivity (Wildman–Crippen MR) is 184 cm³/mol. The Bertz CT molecular complexity index is 2170. The van der Waals surface area contributed by atoms with Gasteiger partial charge in [0.1, 0.15) is 11.5 Å². The maximum atomic E-state index is 15.3. The molecule has 2 aromatic carbocycles. The molecule has 1 fully saturated rings. The molecule has 0 radical (unpaired) electrons. The number of likely N-dealkylation sites (N-methyl/N-ethyl adjacent to an activating group) is 1. The Morgan fingerprint density at radius 3 is 2.57 bits per heavy atom. The van der Waals surface area contributed by atoms with Crippen molar-refractivity contribution in [1.29, 1.82) is 0 Å². The molecule has 4 heterocycles. The highest BCUT2D eigenvalue weighted by Gasteiger charge is 2.35. The van der Waals surface area contributed by atoms with Crippen LogP contribution in [0.15, 0.2) is 70.3 Å². The first-order valence-corrected chi connectivity index (χ1v) is 18.1. The molecular formula is C33H33F4N7O3S2. The zero-order valence-corrected chi connectivity index (χ0v) is 28.4. The number of alkyl halides is 3. The van der Waals surface area contributed by atoms with E-state index in [0.717, 1.165) is 34.3 Å². The van der Waals surface area contributed by atoms with Gasteiger partial charge in [-0.1, -0.05) is 12.1 Å². The molecule has 1 saturated heterocycles. The fourth-order valence-corrected chi connectivity index (χ4v) is 6.87. The van der Waals surface area contributed by atoms with Gasteiger partial charge in [0, 0.05) is 68.6 Å². The molecule has 1 atom stereocenters. The Labute approximate surface area is 284 Å². The van der Waals surface area contributed by atoms with Crippen molar-refractivity contribution >= 4 is 49.7 Å². The lowest BCUT2D eigenvalue weighted by molar-refractivity contribution is -0.137. The topological polar surface area (TPSA) is 112 Å². The number of hydrogen-bond donors (Lipinski definition) is 2. The predicted octanol–water partition coefficient (Wildman–Crippen LogP) is 5.78. The Hall–Kier alpha value is -4.38. The number of sulfonamides is 1. The largest absolute Gasteiger partial charge is 0.417 e. The third kappa shape index (κ3) is 7.32. The highest BCUT2D eigenvalue weighted by Crippen LogP contribution is 2.39. The van der Waals surface area contributed by atoms with Crippen LogP contribution in [0.25, 0.3) is 33.3 Å². The quantitative estimate of drug-likeness (QED) is 0.185. The van der Waals surface area contributed by atoms with E-state index in [1.165, 1.54) is 48.8 Å². The fraction of sp³-hybridized carbons (Fsp3) is 0.303. The zero-order valence-electron chi connectivity index (χ0n) is 26.8. The Kier molecular flexibility index (Phi) is 9.50. The maximum absolute atomic E-state index is 15.3. The molecular weight excluding hydrogens is 683 g/mol. The van der Waals surface area contributed by atoms with Crippen molar-refractivity contribution in [2.24, 2.45) is 0 Å². The lowest BCUT2D eigenvalue weighted by atomic mass is 9.95. The second-order valence-corrected chi connectivity index (χ2v) is 14.7. The molecule has 10 nitrogen and oxygen atoms in total. The van der Waals surface area contributed by atoms with E-state index in [0.29, 0.717) is 29.0 Å². The average molecular weight is 716 g/mol. The number of thiophene rings is 1. The molecule has 0 amide bonds. The second-order valence-electron chi connectivity index (χ2n) is 11.9. The highest BCUT2D eigenvalue weighted by molar-refractivity contribution is 7.88. The SMILES string of the molecule is CC1CNCCN1c1ccc(Nc2ncc3cc(-c4ccc(-c5ccsc5)cc4C(F)(F)F)c(=O)n(CCN(C)S(C)(=O)=O)c3n2)cc1F. The number of nitrogens with one attached hydrogen (secondary N) is 2. The Morgan fingerprint density at radius 1 is 1.10 bits per heavy atom. The summed E-state index contributed by atoms with van der Waals surface area (Å²) in [5.41, 5.74) is -0.558. The minimum atomic E-state index is -4.79. The summed E-state index contributed by atoms with van der Waals surface area (Å²) >= 11 is 1.35. The monoisotopic (exact) mass is 715 g/mol. The van der Waals surface area contributed by atoms with Crippen molar-refractivity contribution in [1.82, 2.24) is 24.2 Å². The van der Waals surface area contributed by atoms with Gasteiger partial charge in [-0.15, -0.1) is 0 Å². The lowest BCUT2D eigenvalue weighted by Gasteiger charge is -2.36. The van der Waals surface area contributed by atoms with Crippen LogP contribution in [0.1, 0.15) is 12.5 Å². The van der Waals surface area contributed by atoms with Crippen LogP contribution in [0.5, 0.6) is 0 Å². The molecule has 0 bridgehead atoms. The van der Waals surface area contributed by atoms with Crippen LogP contribution in [0.3, 0.4) is 0 Å². The van der Waals surface area contributed by atoms with E-state index in [9.17, 15) is 26.4 Å². The first-order valence-electron chi connectivity index (χ1n) is 15.3. The van der Waals surface area contributed by atoms with Gasteiger partial charge in [-0.05, 0) is 70.8 Å². The van der Waals surface area contributed by atoms with Gasteiger partial charge in [0.25, 0.3) is 5.56 Å². The smallest absolute Gasteiger partial charge is 0.364 e. The summed E-state index contributed by atoms with van der Waals surface area (Å²) in [7, 11) is -2.31. The van der Waals surface area contributed by atoms with Gasteiger partial charge in [-0.25, -0.2) is 22.1 Å². The van der Waals surface area contributed by atoms with Gasteiger partial charge < -0.3 is 15.5 Å². The van der Waals surface area contributed by atoms with Crippen molar-refractivity contribution in [2.75, 3.05) is 49.7 Å². The fourth-order valence-electron chi connectivity index (χ4n) is 5.79. The standard InChI is InChI=1S/C33H33F4N7O3S2/c1-20-17-38-9-10-43(20)29-7-5-24(16-28(29)34)40-32-39-18-23-14-26(31(45)44(30(23)41-32)12-11-42(2)49(3,46)47)25-6-4-21(22-8-13-48-19-22)15-27(25)33(35,36)37/h4-8,13-16,18-20,38H,9-12,17H2,1-3H3,(H,39,40,41). The molecule has 1 aliphatic rings. The van der Waals surface area contributed by atoms with Crippen LogP contribution >= 0.6 is 11.3 Å². The zero-order chi connectivity index (χ0) is 35.1. The van der Waals surface area contributed by atoms with E-state index in [-0.39, 0.29) is 47.2 Å². The van der Waals surface area contributed by atoms with E-state index >= 15 is 4.39 Å². The number of fused-ring (bicyclic) bond motifs is 1.